The number of rotatable bonds is 6. The van der Waals surface area contributed by atoms with Crippen LogP contribution < -0.4 is 10.9 Å². The van der Waals surface area contributed by atoms with Gasteiger partial charge in [0.05, 0.1) is 29.9 Å². The van der Waals surface area contributed by atoms with E-state index in [-0.39, 0.29) is 24.5 Å². The molecule has 10 heteroatoms. The first-order chi connectivity index (χ1) is 15.6. The van der Waals surface area contributed by atoms with Gasteiger partial charge >= 0.3 is 0 Å². The molecule has 2 aromatic heterocycles. The van der Waals surface area contributed by atoms with Crippen LogP contribution in [0.5, 0.6) is 5.75 Å². The normalized spacial score (nSPS) is 15.3. The summed E-state index contributed by atoms with van der Waals surface area (Å²) in [7, 11) is 0. The molecule has 0 fully saturated rings. The smallest absolute Gasteiger partial charge is 0.296 e. The third-order valence-corrected chi connectivity index (χ3v) is 5.87. The molecule has 2 N–H and O–H groups in total. The van der Waals surface area contributed by atoms with E-state index in [1.807, 2.05) is 20.8 Å². The second-order valence-electron chi connectivity index (χ2n) is 8.63. The van der Waals surface area contributed by atoms with E-state index >= 15 is 0 Å². The number of oxazole rings is 1. The molecule has 1 aromatic carbocycles. The monoisotopic (exact) mass is 455 g/mol. The molecule has 1 aliphatic rings. The molecule has 0 unspecified atom stereocenters. The van der Waals surface area contributed by atoms with Crippen molar-refractivity contribution in [2.45, 2.75) is 52.4 Å². The zero-order valence-corrected chi connectivity index (χ0v) is 18.8. The predicted molar refractivity (Wildman–Crippen MR) is 117 cm³/mol. The molecule has 0 spiro atoms. The van der Waals surface area contributed by atoms with Crippen LogP contribution in [-0.2, 0) is 36.4 Å². The lowest BCUT2D eigenvalue weighted by Crippen LogP contribution is -2.52. The minimum Gasteiger partial charge on any atom is -0.502 e. The fourth-order valence-corrected chi connectivity index (χ4v) is 3.96. The van der Waals surface area contributed by atoms with Gasteiger partial charge in [0.2, 0.25) is 17.5 Å². The maximum atomic E-state index is 13.0. The van der Waals surface area contributed by atoms with Crippen molar-refractivity contribution < 1.29 is 18.7 Å². The molecule has 1 amide bonds. The Labute approximate surface area is 189 Å². The number of nitrogens with one attached hydrogen (secondary N) is 1. The number of hydrogen-bond acceptors (Lipinski definition) is 7. The Morgan fingerprint density at radius 2 is 1.97 bits per heavy atom. The van der Waals surface area contributed by atoms with Crippen molar-refractivity contribution in [1.29, 1.82) is 0 Å². The molecule has 0 saturated carbocycles. The SMILES string of the molecule is Cc1coc(CN2CCn3c(nc(CC(=O)NCc4ccc(F)cc4)c(O)c3=O)C2(C)C)n1. The summed E-state index contributed by atoms with van der Waals surface area (Å²) in [6.45, 7) is 7.21. The number of fused-ring (bicyclic) bond motifs is 1. The third-order valence-electron chi connectivity index (χ3n) is 5.87. The van der Waals surface area contributed by atoms with Crippen molar-refractivity contribution in [3.63, 3.8) is 0 Å². The Hall–Kier alpha value is -3.53. The lowest BCUT2D eigenvalue weighted by molar-refractivity contribution is -0.120. The van der Waals surface area contributed by atoms with Gasteiger partial charge in [-0.2, -0.15) is 0 Å². The van der Waals surface area contributed by atoms with E-state index in [4.69, 9.17) is 4.42 Å². The van der Waals surface area contributed by atoms with Gasteiger partial charge in [0.1, 0.15) is 17.9 Å². The van der Waals surface area contributed by atoms with Crippen molar-refractivity contribution in [2.24, 2.45) is 0 Å². The highest BCUT2D eigenvalue weighted by Gasteiger charge is 2.38. The average Bonchev–Trinajstić information content (AvgIpc) is 3.18. The van der Waals surface area contributed by atoms with Crippen molar-refractivity contribution >= 4 is 5.91 Å². The van der Waals surface area contributed by atoms with Crippen LogP contribution in [0.25, 0.3) is 0 Å². The van der Waals surface area contributed by atoms with Crippen LogP contribution >= 0.6 is 0 Å². The van der Waals surface area contributed by atoms with Gasteiger partial charge in [0.15, 0.2) is 0 Å². The molecule has 3 aromatic rings. The Kier molecular flexibility index (Phi) is 6.03. The number of benzene rings is 1. The fourth-order valence-electron chi connectivity index (χ4n) is 3.96. The number of halogens is 1. The van der Waals surface area contributed by atoms with Gasteiger partial charge in [-0.05, 0) is 38.5 Å². The molecule has 0 saturated heterocycles. The van der Waals surface area contributed by atoms with Crippen LogP contribution in [-0.4, -0.2) is 37.0 Å². The molecule has 174 valence electrons. The number of aromatic hydroxyl groups is 1. The highest BCUT2D eigenvalue weighted by Crippen LogP contribution is 2.31. The Morgan fingerprint density at radius 3 is 2.64 bits per heavy atom. The number of carbonyl (C=O) groups excluding carboxylic acids is 1. The number of aryl methyl sites for hydroxylation is 1. The Bertz CT molecular complexity index is 1230. The molecule has 3 heterocycles. The van der Waals surface area contributed by atoms with Crippen LogP contribution in [0.1, 0.15) is 42.5 Å². The zero-order chi connectivity index (χ0) is 23.8. The molecule has 1 aliphatic heterocycles. The quantitative estimate of drug-likeness (QED) is 0.584. The second kappa shape index (κ2) is 8.78. The number of nitrogens with zero attached hydrogens (tertiary/aromatic N) is 4. The standard InChI is InChI=1S/C23H26FN5O4/c1-14-13-33-19(26-14)12-28-8-9-29-21(32)20(31)17(27-22(29)23(28,2)3)10-18(30)25-11-15-4-6-16(24)7-5-15/h4-7,13,31H,8-12H2,1-3H3,(H,25,30). The summed E-state index contributed by atoms with van der Waals surface area (Å²) in [5, 5.41) is 13.1. The molecule has 33 heavy (non-hydrogen) atoms. The second-order valence-corrected chi connectivity index (χ2v) is 8.63. The molecular formula is C23H26FN5O4. The van der Waals surface area contributed by atoms with Crippen molar-refractivity contribution in [3.05, 3.63) is 75.4 Å². The van der Waals surface area contributed by atoms with Crippen molar-refractivity contribution in [3.8, 4) is 5.75 Å². The molecule has 0 bridgehead atoms. The van der Waals surface area contributed by atoms with Gasteiger partial charge in [0, 0.05) is 19.6 Å². The molecule has 0 atom stereocenters. The van der Waals surface area contributed by atoms with E-state index in [1.165, 1.54) is 16.7 Å². The van der Waals surface area contributed by atoms with E-state index in [0.29, 0.717) is 31.3 Å². The highest BCUT2D eigenvalue weighted by atomic mass is 19.1. The summed E-state index contributed by atoms with van der Waals surface area (Å²) in [5.41, 5.74) is 0.289. The van der Waals surface area contributed by atoms with Crippen LogP contribution in [0.2, 0.25) is 0 Å². The van der Waals surface area contributed by atoms with E-state index in [0.717, 1.165) is 11.3 Å². The van der Waals surface area contributed by atoms with Crippen LogP contribution in [0.15, 0.2) is 39.7 Å². The largest absolute Gasteiger partial charge is 0.502 e. The predicted octanol–water partition coefficient (Wildman–Crippen LogP) is 1.99. The number of carbonyl (C=O) groups is 1. The lowest BCUT2D eigenvalue weighted by Gasteiger charge is -2.42. The molecule has 9 nitrogen and oxygen atoms in total. The zero-order valence-electron chi connectivity index (χ0n) is 18.8. The lowest BCUT2D eigenvalue weighted by atomic mass is 9.98. The first-order valence-corrected chi connectivity index (χ1v) is 10.7. The van der Waals surface area contributed by atoms with Crippen molar-refractivity contribution in [1.82, 2.24) is 24.8 Å². The summed E-state index contributed by atoms with van der Waals surface area (Å²) in [5.74, 6) is -0.268. The van der Waals surface area contributed by atoms with Crippen LogP contribution in [0.4, 0.5) is 4.39 Å². The van der Waals surface area contributed by atoms with Crippen LogP contribution in [0, 0.1) is 12.7 Å². The van der Waals surface area contributed by atoms with E-state index in [9.17, 15) is 19.1 Å². The van der Waals surface area contributed by atoms with Gasteiger partial charge in [-0.3, -0.25) is 19.1 Å². The maximum Gasteiger partial charge on any atom is 0.296 e. The molecule has 4 rings (SSSR count). The summed E-state index contributed by atoms with van der Waals surface area (Å²) in [6.07, 6.45) is 1.33. The topological polar surface area (TPSA) is 113 Å². The van der Waals surface area contributed by atoms with E-state index in [2.05, 4.69) is 20.2 Å². The summed E-state index contributed by atoms with van der Waals surface area (Å²) < 4.78 is 20.0. The summed E-state index contributed by atoms with van der Waals surface area (Å²) >= 11 is 0. The van der Waals surface area contributed by atoms with Gasteiger partial charge in [0.25, 0.3) is 5.56 Å². The minimum absolute atomic E-state index is 0.0183. The fraction of sp³-hybridized carbons (Fsp3) is 0.391. The highest BCUT2D eigenvalue weighted by molar-refractivity contribution is 5.78. The average molecular weight is 455 g/mol. The molecular weight excluding hydrogens is 429 g/mol. The summed E-state index contributed by atoms with van der Waals surface area (Å²) in [6, 6.07) is 5.77. The first-order valence-electron chi connectivity index (χ1n) is 10.7. The van der Waals surface area contributed by atoms with Crippen LogP contribution in [0.3, 0.4) is 0 Å². The maximum absolute atomic E-state index is 13.0. The van der Waals surface area contributed by atoms with Gasteiger partial charge < -0.3 is 14.8 Å². The number of hydrogen-bond donors (Lipinski definition) is 2. The van der Waals surface area contributed by atoms with Gasteiger partial charge in [-0.25, -0.2) is 14.4 Å². The molecule has 0 radical (unpaired) electrons. The number of amides is 1. The third kappa shape index (κ3) is 4.65. The van der Waals surface area contributed by atoms with Crippen molar-refractivity contribution in [2.75, 3.05) is 6.54 Å². The minimum atomic E-state index is -0.674. The van der Waals surface area contributed by atoms with E-state index in [1.54, 1.807) is 18.4 Å². The molecule has 0 aliphatic carbocycles. The number of aromatic nitrogens is 3. The first kappa shape index (κ1) is 22.7. The Balaban J connectivity index is 1.54. The summed E-state index contributed by atoms with van der Waals surface area (Å²) in [4.78, 5) is 36.3. The van der Waals surface area contributed by atoms with Gasteiger partial charge in [-0.15, -0.1) is 0 Å². The van der Waals surface area contributed by atoms with E-state index < -0.39 is 22.8 Å². The van der Waals surface area contributed by atoms with Gasteiger partial charge in [-0.1, -0.05) is 12.1 Å². The Morgan fingerprint density at radius 1 is 1.24 bits per heavy atom.